The largest absolute Gasteiger partial charge is 0.459 e. The number of aromatic nitrogens is 2. The first-order valence-electron chi connectivity index (χ1n) is 10.2. The predicted molar refractivity (Wildman–Crippen MR) is 111 cm³/mol. The van der Waals surface area contributed by atoms with Crippen molar-refractivity contribution in [1.82, 2.24) is 9.78 Å². The Hall–Kier alpha value is -3.85. The summed E-state index contributed by atoms with van der Waals surface area (Å²) in [5.74, 6) is -7.55. The molecule has 0 aliphatic heterocycles. The highest BCUT2D eigenvalue weighted by molar-refractivity contribution is 6.05. The number of nitrogens with zero attached hydrogens (tertiary/aromatic N) is 2. The zero-order chi connectivity index (χ0) is 28.8. The van der Waals surface area contributed by atoms with Crippen molar-refractivity contribution in [1.29, 1.82) is 0 Å². The summed E-state index contributed by atoms with van der Waals surface area (Å²) in [4.78, 5) is 12.7. The lowest BCUT2D eigenvalue weighted by atomic mass is 10.1. The van der Waals surface area contributed by atoms with Gasteiger partial charge in [-0.15, -0.1) is 0 Å². The fourth-order valence-electron chi connectivity index (χ4n) is 3.28. The summed E-state index contributed by atoms with van der Waals surface area (Å²) < 4.78 is 147. The number of aryl methyl sites for hydroxylation is 1. The quantitative estimate of drug-likeness (QED) is 0.268. The van der Waals surface area contributed by atoms with Gasteiger partial charge in [-0.05, 0) is 42.3 Å². The number of halogens is 11. The first-order chi connectivity index (χ1) is 17.2. The zero-order valence-electron chi connectivity index (χ0n) is 18.8. The molecule has 0 saturated carbocycles. The molecule has 0 unspecified atom stereocenters. The highest BCUT2D eigenvalue weighted by atomic mass is 19.4. The smallest absolute Gasteiger partial charge is 0.399 e. The number of nitrogen functional groups attached to an aromatic ring is 1. The maximum atomic E-state index is 14.2. The lowest BCUT2D eigenvalue weighted by Crippen LogP contribution is -2.36. The SMILES string of the molecule is Cc1cc(Cn2cc(C(=O)Nc3cc(C(F)(F)F)cc(C(F)(F)F)c3)c(C(F)(F)C(F)(F)F)n2)ccc1N. The first-order valence-corrected chi connectivity index (χ1v) is 10.2. The third-order valence-corrected chi connectivity index (χ3v) is 5.18. The van der Waals surface area contributed by atoms with Crippen LogP contribution in [0.15, 0.2) is 42.6 Å². The summed E-state index contributed by atoms with van der Waals surface area (Å²) in [6.07, 6.45) is -16.4. The molecule has 3 aromatic rings. The van der Waals surface area contributed by atoms with Gasteiger partial charge in [0.1, 0.15) is 0 Å². The van der Waals surface area contributed by atoms with Crippen LogP contribution < -0.4 is 11.1 Å². The van der Waals surface area contributed by atoms with E-state index in [1.165, 1.54) is 23.5 Å². The lowest BCUT2D eigenvalue weighted by molar-refractivity contribution is -0.291. The van der Waals surface area contributed by atoms with Crippen LogP contribution >= 0.6 is 0 Å². The van der Waals surface area contributed by atoms with E-state index in [4.69, 9.17) is 5.73 Å². The molecule has 0 aliphatic rings. The number of hydrogen-bond acceptors (Lipinski definition) is 3. The monoisotopic (exact) mass is 560 g/mol. The molecule has 3 N–H and O–H groups in total. The van der Waals surface area contributed by atoms with Crippen LogP contribution in [0.4, 0.5) is 59.7 Å². The molecular formula is C22H15F11N4O. The second kappa shape index (κ2) is 9.47. The number of amides is 1. The number of benzene rings is 2. The van der Waals surface area contributed by atoms with Gasteiger partial charge in [-0.3, -0.25) is 9.48 Å². The van der Waals surface area contributed by atoms with Crippen molar-refractivity contribution in [3.05, 3.63) is 76.1 Å². The molecule has 0 atom stereocenters. The van der Waals surface area contributed by atoms with E-state index in [1.54, 1.807) is 6.92 Å². The van der Waals surface area contributed by atoms with Crippen LogP contribution in [-0.2, 0) is 24.8 Å². The van der Waals surface area contributed by atoms with Gasteiger partial charge in [-0.2, -0.15) is 53.4 Å². The molecule has 1 aromatic heterocycles. The van der Waals surface area contributed by atoms with Gasteiger partial charge in [0.15, 0.2) is 5.69 Å². The topological polar surface area (TPSA) is 72.9 Å². The number of alkyl halides is 11. The first kappa shape index (κ1) is 28.7. The van der Waals surface area contributed by atoms with Crippen LogP contribution in [0.2, 0.25) is 0 Å². The predicted octanol–water partition coefficient (Wildman–Crippen LogP) is 6.77. The Labute approximate surface area is 206 Å². The minimum atomic E-state index is -6.24. The van der Waals surface area contributed by atoms with Gasteiger partial charge in [0.05, 0.1) is 23.2 Å². The van der Waals surface area contributed by atoms with E-state index in [0.717, 1.165) is 0 Å². The molecule has 0 aliphatic carbocycles. The van der Waals surface area contributed by atoms with Crippen molar-refractivity contribution < 1.29 is 53.1 Å². The highest BCUT2D eigenvalue weighted by Crippen LogP contribution is 2.45. The van der Waals surface area contributed by atoms with E-state index in [1.807, 2.05) is 0 Å². The summed E-state index contributed by atoms with van der Waals surface area (Å²) in [7, 11) is 0. The van der Waals surface area contributed by atoms with Gasteiger partial charge in [-0.25, -0.2) is 0 Å². The molecule has 2 aromatic carbocycles. The van der Waals surface area contributed by atoms with Crippen LogP contribution in [0.1, 0.15) is 38.3 Å². The number of carbonyl (C=O) groups is 1. The molecular weight excluding hydrogens is 545 g/mol. The van der Waals surface area contributed by atoms with Crippen molar-refractivity contribution in [3.8, 4) is 0 Å². The van der Waals surface area contributed by atoms with Crippen LogP contribution in [0, 0.1) is 6.92 Å². The number of nitrogens with two attached hydrogens (primary N) is 1. The minimum Gasteiger partial charge on any atom is -0.399 e. The van der Waals surface area contributed by atoms with Gasteiger partial charge < -0.3 is 11.1 Å². The van der Waals surface area contributed by atoms with E-state index in [2.05, 4.69) is 5.10 Å². The number of nitrogens with one attached hydrogen (secondary N) is 1. The highest BCUT2D eigenvalue weighted by Gasteiger charge is 2.62. The van der Waals surface area contributed by atoms with Gasteiger partial charge in [0.2, 0.25) is 0 Å². The maximum Gasteiger partial charge on any atom is 0.459 e. The molecule has 3 rings (SSSR count). The van der Waals surface area contributed by atoms with Crippen molar-refractivity contribution >= 4 is 17.3 Å². The second-order valence-corrected chi connectivity index (χ2v) is 8.10. The fourth-order valence-corrected chi connectivity index (χ4v) is 3.28. The normalized spacial score (nSPS) is 13.1. The van der Waals surface area contributed by atoms with E-state index >= 15 is 0 Å². The third kappa shape index (κ3) is 5.99. The molecule has 0 fully saturated rings. The van der Waals surface area contributed by atoms with Crippen LogP contribution in [0.25, 0.3) is 0 Å². The molecule has 38 heavy (non-hydrogen) atoms. The molecule has 1 amide bonds. The van der Waals surface area contributed by atoms with Crippen LogP contribution in [0.3, 0.4) is 0 Å². The fraction of sp³-hybridized carbons (Fsp3) is 0.273. The maximum absolute atomic E-state index is 14.2. The molecule has 0 bridgehead atoms. The number of rotatable bonds is 5. The van der Waals surface area contributed by atoms with E-state index in [9.17, 15) is 53.1 Å². The van der Waals surface area contributed by atoms with Crippen molar-refractivity contribution in [2.75, 3.05) is 11.1 Å². The van der Waals surface area contributed by atoms with Crippen molar-refractivity contribution in [2.45, 2.75) is 37.9 Å². The summed E-state index contributed by atoms with van der Waals surface area (Å²) >= 11 is 0. The van der Waals surface area contributed by atoms with Gasteiger partial charge in [0, 0.05) is 17.6 Å². The Kier molecular flexibility index (Phi) is 7.16. The van der Waals surface area contributed by atoms with Gasteiger partial charge in [0.25, 0.3) is 5.91 Å². The molecule has 0 saturated heterocycles. The molecule has 206 valence electrons. The van der Waals surface area contributed by atoms with Gasteiger partial charge in [-0.1, -0.05) is 12.1 Å². The minimum absolute atomic E-state index is 0.0658. The molecule has 1 heterocycles. The van der Waals surface area contributed by atoms with Gasteiger partial charge >= 0.3 is 24.5 Å². The summed E-state index contributed by atoms with van der Waals surface area (Å²) in [6, 6.07) is 4.14. The van der Waals surface area contributed by atoms with Crippen LogP contribution in [-0.4, -0.2) is 21.9 Å². The van der Waals surface area contributed by atoms with E-state index in [-0.39, 0.29) is 18.2 Å². The molecule has 0 radical (unpaired) electrons. The summed E-state index contributed by atoms with van der Waals surface area (Å²) in [6.45, 7) is 1.14. The van der Waals surface area contributed by atoms with Crippen LogP contribution in [0.5, 0.6) is 0 Å². The Morgan fingerprint density at radius 1 is 0.895 bits per heavy atom. The number of carbonyl (C=O) groups excluding carboxylic acids is 1. The molecule has 16 heteroatoms. The van der Waals surface area contributed by atoms with Crippen molar-refractivity contribution in [2.24, 2.45) is 0 Å². The second-order valence-electron chi connectivity index (χ2n) is 8.10. The van der Waals surface area contributed by atoms with E-state index in [0.29, 0.717) is 27.7 Å². The summed E-state index contributed by atoms with van der Waals surface area (Å²) in [5.41, 5.74) is -1.52. The number of anilines is 2. The van der Waals surface area contributed by atoms with E-state index < -0.39 is 65.0 Å². The average Bonchev–Trinajstić information content (AvgIpc) is 3.19. The standard InChI is InChI=1S/C22H15F11N4O/c1-10-4-11(2-3-16(10)34)8-37-9-15(17(36-37)19(23,24)22(31,32)33)18(38)35-14-6-12(20(25,26)27)5-13(7-14)21(28,29)30/h2-7,9H,8,34H2,1H3,(H,35,38). The Morgan fingerprint density at radius 3 is 1.92 bits per heavy atom. The zero-order valence-corrected chi connectivity index (χ0v) is 18.8. The number of hydrogen-bond donors (Lipinski definition) is 2. The lowest BCUT2D eigenvalue weighted by Gasteiger charge is -2.19. The third-order valence-electron chi connectivity index (χ3n) is 5.18. The molecule has 5 nitrogen and oxygen atoms in total. The average molecular weight is 560 g/mol. The Morgan fingerprint density at radius 2 is 1.45 bits per heavy atom. The van der Waals surface area contributed by atoms with Crippen molar-refractivity contribution in [3.63, 3.8) is 0 Å². The Balaban J connectivity index is 2.08. The summed E-state index contributed by atoms with van der Waals surface area (Å²) in [5, 5.41) is 4.70. The Bertz CT molecular complexity index is 1320. The molecule has 0 spiro atoms.